The molecule has 0 bridgehead atoms. The number of hydrogen-bond donors (Lipinski definition) is 0. The molecule has 0 N–H and O–H groups in total. The molecule has 0 spiro atoms. The summed E-state index contributed by atoms with van der Waals surface area (Å²) in [5.41, 5.74) is 2.74. The summed E-state index contributed by atoms with van der Waals surface area (Å²) in [4.78, 5) is 9.92. The maximum atomic E-state index is 4.83. The smallest absolute Gasteiger partial charge is 0.159 e. The van der Waals surface area contributed by atoms with E-state index in [0.29, 0.717) is 6.04 Å². The molecular formula is C22H26BrN3S. The van der Waals surface area contributed by atoms with Crippen molar-refractivity contribution in [3.63, 3.8) is 0 Å². The molecule has 142 valence electrons. The zero-order valence-corrected chi connectivity index (χ0v) is 18.1. The van der Waals surface area contributed by atoms with Crippen molar-refractivity contribution >= 4 is 32.9 Å². The summed E-state index contributed by atoms with van der Waals surface area (Å²) in [6.45, 7) is 7.40. The Kier molecular flexibility index (Phi) is 5.90. The molecule has 5 heteroatoms. The van der Waals surface area contributed by atoms with Crippen molar-refractivity contribution < 1.29 is 0 Å². The molecule has 1 atom stereocenters. The van der Waals surface area contributed by atoms with Gasteiger partial charge in [0.05, 0.1) is 17.3 Å². The first-order chi connectivity index (χ1) is 13.2. The second-order valence-electron chi connectivity index (χ2n) is 7.53. The molecule has 0 radical (unpaired) electrons. The standard InChI is InChI=1S/C22H26BrN3S/c1-22(16-23)17-24-21(27-22)26-14-12-25(13-15-26)20(18-8-4-2-5-9-18)19-10-6-3-7-11-19/h2-11,20H,12-17H2,1H3/t22-/m0/s1. The molecule has 2 aliphatic rings. The molecule has 2 aromatic rings. The van der Waals surface area contributed by atoms with E-state index in [1.54, 1.807) is 0 Å². The number of alkyl halides is 1. The van der Waals surface area contributed by atoms with Crippen LogP contribution in [0.4, 0.5) is 0 Å². The Morgan fingerprint density at radius 1 is 0.963 bits per heavy atom. The first kappa shape index (κ1) is 19.0. The van der Waals surface area contributed by atoms with Gasteiger partial charge in [-0.15, -0.1) is 0 Å². The lowest BCUT2D eigenvalue weighted by Crippen LogP contribution is -2.49. The third kappa shape index (κ3) is 4.25. The van der Waals surface area contributed by atoms with Crippen LogP contribution in [0, 0.1) is 0 Å². The van der Waals surface area contributed by atoms with Crippen molar-refractivity contribution in [1.82, 2.24) is 9.80 Å². The van der Waals surface area contributed by atoms with Gasteiger partial charge in [0.25, 0.3) is 0 Å². The van der Waals surface area contributed by atoms with Gasteiger partial charge in [-0.1, -0.05) is 88.4 Å². The molecule has 0 aromatic heterocycles. The molecule has 1 saturated heterocycles. The highest BCUT2D eigenvalue weighted by Gasteiger charge is 2.35. The lowest BCUT2D eigenvalue weighted by molar-refractivity contribution is 0.152. The zero-order chi connectivity index (χ0) is 18.7. The number of benzene rings is 2. The third-order valence-electron chi connectivity index (χ3n) is 5.35. The maximum absolute atomic E-state index is 4.83. The van der Waals surface area contributed by atoms with E-state index >= 15 is 0 Å². The lowest BCUT2D eigenvalue weighted by atomic mass is 9.96. The Balaban J connectivity index is 1.48. The van der Waals surface area contributed by atoms with Crippen LogP contribution >= 0.6 is 27.7 Å². The Hall–Kier alpha value is -1.30. The van der Waals surface area contributed by atoms with Crippen molar-refractivity contribution in [1.29, 1.82) is 0 Å². The van der Waals surface area contributed by atoms with Crippen molar-refractivity contribution in [3.8, 4) is 0 Å². The summed E-state index contributed by atoms with van der Waals surface area (Å²) in [5.74, 6) is 0. The normalized spacial score (nSPS) is 23.7. The van der Waals surface area contributed by atoms with Crippen molar-refractivity contribution in [2.75, 3.05) is 38.1 Å². The van der Waals surface area contributed by atoms with Crippen LogP contribution in [0.15, 0.2) is 65.7 Å². The molecule has 2 aliphatic heterocycles. The minimum Gasteiger partial charge on any atom is -0.349 e. The number of thioether (sulfide) groups is 1. The fraction of sp³-hybridized carbons (Fsp3) is 0.409. The van der Waals surface area contributed by atoms with Crippen LogP contribution in [0.2, 0.25) is 0 Å². The van der Waals surface area contributed by atoms with Crippen molar-refractivity contribution in [3.05, 3.63) is 71.8 Å². The number of nitrogens with zero attached hydrogens (tertiary/aromatic N) is 3. The molecule has 4 rings (SSSR count). The van der Waals surface area contributed by atoms with E-state index in [4.69, 9.17) is 4.99 Å². The predicted molar refractivity (Wildman–Crippen MR) is 120 cm³/mol. The number of hydrogen-bond acceptors (Lipinski definition) is 4. The van der Waals surface area contributed by atoms with Crippen LogP contribution in [-0.4, -0.2) is 57.8 Å². The molecule has 0 saturated carbocycles. The van der Waals surface area contributed by atoms with Crippen LogP contribution in [0.1, 0.15) is 24.1 Å². The number of halogens is 1. The largest absolute Gasteiger partial charge is 0.349 e. The highest BCUT2D eigenvalue weighted by Crippen LogP contribution is 2.36. The first-order valence-corrected chi connectivity index (χ1v) is 11.5. The second kappa shape index (κ2) is 8.38. The monoisotopic (exact) mass is 443 g/mol. The third-order valence-corrected chi connectivity index (χ3v) is 8.29. The van der Waals surface area contributed by atoms with Crippen molar-refractivity contribution in [2.24, 2.45) is 4.99 Å². The SMILES string of the molecule is C[C@]1(CBr)CN=C(N2CCN(C(c3ccccc3)c3ccccc3)CC2)S1. The van der Waals surface area contributed by atoms with Gasteiger partial charge in [-0.25, -0.2) is 0 Å². The first-order valence-electron chi connectivity index (χ1n) is 9.57. The fourth-order valence-electron chi connectivity index (χ4n) is 3.81. The van der Waals surface area contributed by atoms with Gasteiger partial charge >= 0.3 is 0 Å². The molecule has 0 aliphatic carbocycles. The summed E-state index contributed by atoms with van der Waals surface area (Å²) < 4.78 is 0.211. The van der Waals surface area contributed by atoms with Gasteiger partial charge in [-0.3, -0.25) is 9.89 Å². The summed E-state index contributed by atoms with van der Waals surface area (Å²) in [7, 11) is 0. The predicted octanol–water partition coefficient (Wildman–Crippen LogP) is 4.65. The average molecular weight is 444 g/mol. The van der Waals surface area contributed by atoms with Gasteiger partial charge in [-0.2, -0.15) is 0 Å². The van der Waals surface area contributed by atoms with Crippen LogP contribution in [0.25, 0.3) is 0 Å². The van der Waals surface area contributed by atoms with Gasteiger partial charge < -0.3 is 4.90 Å². The van der Waals surface area contributed by atoms with Crippen LogP contribution in [-0.2, 0) is 0 Å². The maximum Gasteiger partial charge on any atom is 0.159 e. The Labute approximate surface area is 175 Å². The van der Waals surface area contributed by atoms with Crippen LogP contribution < -0.4 is 0 Å². The van der Waals surface area contributed by atoms with Gasteiger partial charge in [0.1, 0.15) is 0 Å². The van der Waals surface area contributed by atoms with Gasteiger partial charge in [0.15, 0.2) is 5.17 Å². The molecule has 1 fully saturated rings. The van der Waals surface area contributed by atoms with E-state index in [2.05, 4.69) is 93.3 Å². The van der Waals surface area contributed by atoms with Gasteiger partial charge in [-0.05, 0) is 18.1 Å². The molecule has 2 heterocycles. The number of aliphatic imine (C=N–C) groups is 1. The van der Waals surface area contributed by atoms with E-state index in [1.165, 1.54) is 16.3 Å². The van der Waals surface area contributed by atoms with E-state index < -0.39 is 0 Å². The number of rotatable bonds is 4. The Bertz CT molecular complexity index is 735. The lowest BCUT2D eigenvalue weighted by Gasteiger charge is -2.40. The summed E-state index contributed by atoms with van der Waals surface area (Å²) in [6, 6.07) is 22.1. The Morgan fingerprint density at radius 2 is 1.52 bits per heavy atom. The highest BCUT2D eigenvalue weighted by molar-refractivity contribution is 9.09. The minimum absolute atomic E-state index is 0.211. The van der Waals surface area contributed by atoms with E-state index in [9.17, 15) is 0 Å². The number of piperazine rings is 1. The van der Waals surface area contributed by atoms with Crippen LogP contribution in [0.5, 0.6) is 0 Å². The highest BCUT2D eigenvalue weighted by atomic mass is 79.9. The molecular weight excluding hydrogens is 418 g/mol. The summed E-state index contributed by atoms with van der Waals surface area (Å²) in [5, 5.41) is 2.22. The van der Waals surface area contributed by atoms with E-state index in [0.717, 1.165) is 38.1 Å². The van der Waals surface area contributed by atoms with E-state index in [-0.39, 0.29) is 4.75 Å². The summed E-state index contributed by atoms with van der Waals surface area (Å²) >= 11 is 5.58. The topological polar surface area (TPSA) is 18.8 Å². The summed E-state index contributed by atoms with van der Waals surface area (Å²) in [6.07, 6.45) is 0. The number of amidine groups is 1. The molecule has 2 aromatic carbocycles. The van der Waals surface area contributed by atoms with Crippen LogP contribution in [0.3, 0.4) is 0 Å². The average Bonchev–Trinajstić information content (AvgIpc) is 3.13. The van der Waals surface area contributed by atoms with Gasteiger partial charge in [0, 0.05) is 31.5 Å². The molecule has 0 amide bonds. The second-order valence-corrected chi connectivity index (χ2v) is 9.65. The van der Waals surface area contributed by atoms with E-state index in [1.807, 2.05) is 11.8 Å². The molecule has 27 heavy (non-hydrogen) atoms. The van der Waals surface area contributed by atoms with Crippen molar-refractivity contribution in [2.45, 2.75) is 17.7 Å². The minimum atomic E-state index is 0.211. The molecule has 0 unspecified atom stereocenters. The molecule has 3 nitrogen and oxygen atoms in total. The fourth-order valence-corrected chi connectivity index (χ4v) is 5.40. The Morgan fingerprint density at radius 3 is 2.00 bits per heavy atom. The quantitative estimate of drug-likeness (QED) is 0.640. The zero-order valence-electron chi connectivity index (χ0n) is 15.7. The van der Waals surface area contributed by atoms with Gasteiger partial charge in [0.2, 0.25) is 0 Å².